The Bertz CT molecular complexity index is 775. The van der Waals surface area contributed by atoms with Crippen molar-refractivity contribution in [3.8, 4) is 0 Å². The molecule has 0 aliphatic carbocycles. The molecule has 0 amide bonds. The predicted molar refractivity (Wildman–Crippen MR) is 144 cm³/mol. The molecule has 0 heterocycles. The van der Waals surface area contributed by atoms with Gasteiger partial charge in [-0.05, 0) is 47.3 Å². The Labute approximate surface area is 228 Å². The Morgan fingerprint density at radius 3 is 1.00 bits per heavy atom. The Kier molecular flexibility index (Phi) is 12.9. The molecule has 0 spiro atoms. The first-order valence-electron chi connectivity index (χ1n) is 13.6. The monoisotopic (exact) mass is 544 g/mol. The molecule has 222 valence electrons. The minimum Gasteiger partial charge on any atom is -0.481 e. The minimum absolute atomic E-state index is 0.310. The number of carboxylic acid groups (broad SMARTS) is 2. The number of carbonyl (C=O) groups is 4. The highest BCUT2D eigenvalue weighted by Crippen LogP contribution is 2.53. The van der Waals surface area contributed by atoms with Crippen molar-refractivity contribution in [2.24, 2.45) is 57.1 Å². The van der Waals surface area contributed by atoms with Gasteiger partial charge in [0.05, 0.1) is 23.7 Å². The van der Waals surface area contributed by atoms with E-state index in [1.165, 1.54) is 0 Å². The normalized spacial score (nSPS) is 18.7. The summed E-state index contributed by atoms with van der Waals surface area (Å²) >= 11 is 0. The highest BCUT2D eigenvalue weighted by Gasteiger charge is 2.55. The average Bonchev–Trinajstić information content (AvgIpc) is 2.86. The maximum atomic E-state index is 13.1. The molecule has 6 N–H and O–H groups in total. The molecule has 0 aromatic rings. The highest BCUT2D eigenvalue weighted by molar-refractivity contribution is 5.83. The molecule has 0 rings (SSSR count). The van der Waals surface area contributed by atoms with Gasteiger partial charge in [0, 0.05) is 0 Å². The third kappa shape index (κ3) is 7.68. The fourth-order valence-corrected chi connectivity index (χ4v) is 5.76. The first-order chi connectivity index (χ1) is 17.3. The number of nitrogens with two attached hydrogens (primary N) is 2. The largest absolute Gasteiger partial charge is 0.481 e. The fourth-order valence-electron chi connectivity index (χ4n) is 5.76. The maximum absolute atomic E-state index is 13.1. The molecule has 0 aliphatic rings. The van der Waals surface area contributed by atoms with Gasteiger partial charge in [-0.15, -0.1) is 0 Å². The molecule has 0 aromatic heterocycles. The van der Waals surface area contributed by atoms with E-state index in [2.05, 4.69) is 9.68 Å². The summed E-state index contributed by atoms with van der Waals surface area (Å²) in [6.07, 6.45) is 2.47. The van der Waals surface area contributed by atoms with Crippen LogP contribution in [0.25, 0.3) is 0 Å². The van der Waals surface area contributed by atoms with Crippen LogP contribution in [0.4, 0.5) is 0 Å². The van der Waals surface area contributed by atoms with Gasteiger partial charge in [0.1, 0.15) is 0 Å². The van der Waals surface area contributed by atoms with Gasteiger partial charge in [-0.3, -0.25) is 19.2 Å². The molecule has 0 bridgehead atoms. The summed E-state index contributed by atoms with van der Waals surface area (Å²) in [7, 11) is 0. The van der Waals surface area contributed by atoms with E-state index >= 15 is 0 Å². The van der Waals surface area contributed by atoms with Gasteiger partial charge >= 0.3 is 23.9 Å². The predicted octanol–water partition coefficient (Wildman–Crippen LogP) is 4.94. The SMILES string of the molecule is CCC(C)(C)C(C(=O)O)C(C(=O)ON)C(C)(CC)CCC(C)(CC)C(C(=O)ON)C(C(=O)O)C(C)(C)CC. The number of aliphatic carboxylic acids is 2. The Morgan fingerprint density at radius 1 is 0.579 bits per heavy atom. The van der Waals surface area contributed by atoms with E-state index in [1.54, 1.807) is 27.7 Å². The molecule has 38 heavy (non-hydrogen) atoms. The van der Waals surface area contributed by atoms with Gasteiger partial charge in [-0.2, -0.15) is 11.8 Å². The fraction of sp³-hybridized carbons (Fsp3) is 0.857. The second kappa shape index (κ2) is 13.7. The van der Waals surface area contributed by atoms with Crippen molar-refractivity contribution in [3.05, 3.63) is 0 Å². The van der Waals surface area contributed by atoms with Gasteiger partial charge in [-0.1, -0.05) is 82.1 Å². The van der Waals surface area contributed by atoms with Crippen LogP contribution in [0.5, 0.6) is 0 Å². The summed E-state index contributed by atoms with van der Waals surface area (Å²) in [5, 5.41) is 20.5. The lowest BCUT2D eigenvalue weighted by Crippen LogP contribution is -2.51. The molecule has 0 radical (unpaired) electrons. The lowest BCUT2D eigenvalue weighted by atomic mass is 9.55. The zero-order valence-electron chi connectivity index (χ0n) is 25.1. The van der Waals surface area contributed by atoms with E-state index in [4.69, 9.17) is 11.8 Å². The second-order valence-electron chi connectivity index (χ2n) is 12.7. The summed E-state index contributed by atoms with van der Waals surface area (Å²) in [4.78, 5) is 60.6. The smallest absolute Gasteiger partial charge is 0.328 e. The van der Waals surface area contributed by atoms with Crippen LogP contribution in [0, 0.1) is 45.3 Å². The standard InChI is InChI=1S/C28H52N2O8/c1-11-25(5,6)17(21(31)32)19(23(35)37-29)27(9,13-3)15-16-28(10,14-4)20(24(36)38-30)18(22(33)34)26(7,8)12-2/h17-20H,11-16,29-30H2,1-10H3,(H,31,32)(H,33,34). The molecule has 10 heteroatoms. The highest BCUT2D eigenvalue weighted by atomic mass is 16.7. The van der Waals surface area contributed by atoms with Crippen LogP contribution in [-0.2, 0) is 28.9 Å². The number of hydrogen-bond donors (Lipinski definition) is 4. The number of rotatable bonds is 17. The Hall–Kier alpha value is -2.20. The van der Waals surface area contributed by atoms with Gasteiger partial charge < -0.3 is 19.9 Å². The van der Waals surface area contributed by atoms with Crippen LogP contribution < -0.4 is 11.8 Å². The lowest BCUT2D eigenvalue weighted by molar-refractivity contribution is -0.174. The molecule has 6 atom stereocenters. The molecule has 0 saturated carbocycles. The third-order valence-electron chi connectivity index (χ3n) is 9.83. The third-order valence-corrected chi connectivity index (χ3v) is 9.83. The molecule has 0 fully saturated rings. The van der Waals surface area contributed by atoms with Crippen LogP contribution >= 0.6 is 0 Å². The minimum atomic E-state index is -1.12. The summed E-state index contributed by atoms with van der Waals surface area (Å²) in [5.41, 5.74) is -3.28. The first kappa shape index (κ1) is 35.8. The number of hydrogen-bond acceptors (Lipinski definition) is 8. The summed E-state index contributed by atoms with van der Waals surface area (Å²) in [5.74, 6) is 2.44. The second-order valence-corrected chi connectivity index (χ2v) is 12.7. The zero-order valence-corrected chi connectivity index (χ0v) is 25.1. The van der Waals surface area contributed by atoms with Crippen molar-refractivity contribution >= 4 is 23.9 Å². The lowest BCUT2D eigenvalue weighted by Gasteiger charge is -2.47. The zero-order chi connectivity index (χ0) is 30.3. The van der Waals surface area contributed by atoms with Crippen molar-refractivity contribution in [1.29, 1.82) is 0 Å². The van der Waals surface area contributed by atoms with Gasteiger partial charge in [0.15, 0.2) is 0 Å². The molecule has 0 aromatic carbocycles. The van der Waals surface area contributed by atoms with Crippen LogP contribution in [0.1, 0.15) is 108 Å². The van der Waals surface area contributed by atoms with E-state index in [-0.39, 0.29) is 0 Å². The van der Waals surface area contributed by atoms with Crippen molar-refractivity contribution in [1.82, 2.24) is 0 Å². The molecular weight excluding hydrogens is 492 g/mol. The molecule has 0 aliphatic heterocycles. The quantitative estimate of drug-likeness (QED) is 0.183. The first-order valence-corrected chi connectivity index (χ1v) is 13.6. The van der Waals surface area contributed by atoms with E-state index in [9.17, 15) is 29.4 Å². The van der Waals surface area contributed by atoms with Crippen molar-refractivity contribution in [3.63, 3.8) is 0 Å². The van der Waals surface area contributed by atoms with Crippen LogP contribution in [0.2, 0.25) is 0 Å². The van der Waals surface area contributed by atoms with Crippen LogP contribution in [0.3, 0.4) is 0 Å². The maximum Gasteiger partial charge on any atom is 0.328 e. The van der Waals surface area contributed by atoms with Crippen molar-refractivity contribution in [2.75, 3.05) is 0 Å². The van der Waals surface area contributed by atoms with Crippen LogP contribution in [-0.4, -0.2) is 34.1 Å². The molecular formula is C28H52N2O8. The Morgan fingerprint density at radius 2 is 0.842 bits per heavy atom. The van der Waals surface area contributed by atoms with Crippen molar-refractivity contribution in [2.45, 2.75) is 108 Å². The van der Waals surface area contributed by atoms with Gasteiger partial charge in [0.2, 0.25) is 0 Å². The number of carboxylic acids is 2. The summed E-state index contributed by atoms with van der Waals surface area (Å²) < 4.78 is 0. The topological polar surface area (TPSA) is 179 Å². The van der Waals surface area contributed by atoms with Gasteiger partial charge in [0.25, 0.3) is 0 Å². The van der Waals surface area contributed by atoms with E-state index < -0.39 is 69.2 Å². The average molecular weight is 545 g/mol. The van der Waals surface area contributed by atoms with E-state index in [0.717, 1.165) is 0 Å². The molecule has 0 saturated heterocycles. The Balaban J connectivity index is 6.89. The summed E-state index contributed by atoms with van der Waals surface area (Å²) in [6, 6.07) is 0. The number of carbonyl (C=O) groups excluding carboxylic acids is 2. The molecule has 6 unspecified atom stereocenters. The molecule has 10 nitrogen and oxygen atoms in total. The van der Waals surface area contributed by atoms with Crippen LogP contribution in [0.15, 0.2) is 0 Å². The van der Waals surface area contributed by atoms with Gasteiger partial charge in [-0.25, -0.2) is 0 Å². The van der Waals surface area contributed by atoms with E-state index in [1.807, 2.05) is 41.5 Å². The van der Waals surface area contributed by atoms with E-state index in [0.29, 0.717) is 38.5 Å². The van der Waals surface area contributed by atoms with Crippen molar-refractivity contribution < 1.29 is 39.1 Å². The summed E-state index contributed by atoms with van der Waals surface area (Å²) in [6.45, 7) is 18.3.